The average Bonchev–Trinajstić information content (AvgIpc) is 2.50. The van der Waals surface area contributed by atoms with Crippen molar-refractivity contribution >= 4 is 17.3 Å². The molecule has 0 aromatic heterocycles. The molecule has 1 aromatic rings. The minimum Gasteiger partial charge on any atom is -0.398 e. The summed E-state index contributed by atoms with van der Waals surface area (Å²) in [7, 11) is 0. The smallest absolute Gasteiger partial charge is 0.0426 e. The Morgan fingerprint density at radius 3 is 2.75 bits per heavy atom. The van der Waals surface area contributed by atoms with Gasteiger partial charge in [0.1, 0.15) is 0 Å². The zero-order valence-corrected chi connectivity index (χ0v) is 10.7. The van der Waals surface area contributed by atoms with Crippen LogP contribution in [0, 0.1) is 0 Å². The zero-order valence-electron chi connectivity index (χ0n) is 9.96. The van der Waals surface area contributed by atoms with Gasteiger partial charge >= 0.3 is 0 Å². The van der Waals surface area contributed by atoms with E-state index < -0.39 is 0 Å². The fourth-order valence-electron chi connectivity index (χ4n) is 2.37. The molecule has 0 atom stereocenters. The Balaban J connectivity index is 2.15. The number of nitrogen functional groups attached to an aromatic ring is 1. The maximum Gasteiger partial charge on any atom is 0.0426 e. The molecule has 1 saturated heterocycles. The van der Waals surface area contributed by atoms with Crippen molar-refractivity contribution in [2.45, 2.75) is 38.8 Å². The molecule has 88 valence electrons. The van der Waals surface area contributed by atoms with Gasteiger partial charge in [0.05, 0.1) is 0 Å². The molecule has 1 aromatic carbocycles. The summed E-state index contributed by atoms with van der Waals surface area (Å²) in [6.45, 7) is 6.68. The molecule has 0 spiro atoms. The molecule has 2 N–H and O–H groups in total. The first-order valence-electron chi connectivity index (χ1n) is 5.78. The van der Waals surface area contributed by atoms with Crippen molar-refractivity contribution in [3.8, 4) is 0 Å². The topological polar surface area (TPSA) is 29.3 Å². The van der Waals surface area contributed by atoms with Crippen molar-refractivity contribution in [1.29, 1.82) is 0 Å². The Bertz CT molecular complexity index is 388. The molecule has 1 fully saturated rings. The van der Waals surface area contributed by atoms with E-state index in [1.165, 1.54) is 18.4 Å². The van der Waals surface area contributed by atoms with E-state index >= 15 is 0 Å². The zero-order chi connectivity index (χ0) is 11.8. The summed E-state index contributed by atoms with van der Waals surface area (Å²) in [5.41, 5.74) is 8.26. The number of benzene rings is 1. The van der Waals surface area contributed by atoms with Crippen molar-refractivity contribution in [2.24, 2.45) is 0 Å². The minimum atomic E-state index is 0.298. The predicted octanol–water partition coefficient (Wildman–Crippen LogP) is 3.30. The Hall–Kier alpha value is -0.730. The lowest BCUT2D eigenvalue weighted by atomic mass is 10.0. The fraction of sp³-hybridized carbons (Fsp3) is 0.538. The van der Waals surface area contributed by atoms with Gasteiger partial charge in [-0.2, -0.15) is 0 Å². The van der Waals surface area contributed by atoms with Gasteiger partial charge in [0.2, 0.25) is 0 Å². The molecule has 1 aliphatic heterocycles. The summed E-state index contributed by atoms with van der Waals surface area (Å²) < 4.78 is 0. The second-order valence-electron chi connectivity index (χ2n) is 5.18. The van der Waals surface area contributed by atoms with Crippen molar-refractivity contribution < 1.29 is 0 Å². The normalized spacial score (nSPS) is 20.2. The highest BCUT2D eigenvalue weighted by molar-refractivity contribution is 6.30. The Labute approximate surface area is 102 Å². The van der Waals surface area contributed by atoms with Crippen LogP contribution in [0.1, 0.15) is 32.3 Å². The van der Waals surface area contributed by atoms with E-state index in [0.29, 0.717) is 10.6 Å². The maximum atomic E-state index is 5.98. The molecule has 0 aliphatic carbocycles. The number of rotatable bonds is 2. The summed E-state index contributed by atoms with van der Waals surface area (Å²) >= 11 is 5.90. The number of anilines is 1. The highest BCUT2D eigenvalue weighted by atomic mass is 35.5. The fourth-order valence-corrected chi connectivity index (χ4v) is 2.55. The largest absolute Gasteiger partial charge is 0.398 e. The highest BCUT2D eigenvalue weighted by Crippen LogP contribution is 2.31. The van der Waals surface area contributed by atoms with Gasteiger partial charge in [-0.3, -0.25) is 4.90 Å². The van der Waals surface area contributed by atoms with Crippen molar-refractivity contribution in [3.05, 3.63) is 28.8 Å². The van der Waals surface area contributed by atoms with E-state index in [1.807, 2.05) is 18.2 Å². The summed E-state index contributed by atoms with van der Waals surface area (Å²) in [6.07, 6.45) is 2.54. The van der Waals surface area contributed by atoms with E-state index in [0.717, 1.165) is 18.8 Å². The summed E-state index contributed by atoms with van der Waals surface area (Å²) in [5.74, 6) is 0. The molecular formula is C13H19ClN2. The van der Waals surface area contributed by atoms with E-state index in [2.05, 4.69) is 18.7 Å². The predicted molar refractivity (Wildman–Crippen MR) is 69.6 cm³/mol. The lowest BCUT2D eigenvalue weighted by Gasteiger charge is -2.31. The molecule has 0 amide bonds. The summed E-state index contributed by atoms with van der Waals surface area (Å²) in [6, 6.07) is 5.78. The van der Waals surface area contributed by atoms with Gasteiger partial charge in [0, 0.05) is 22.8 Å². The first kappa shape index (κ1) is 11.7. The standard InChI is InChI=1S/C13H19ClN2/c1-13(2)6-3-7-16(13)9-10-4-5-11(14)8-12(10)15/h4-5,8H,3,6-7,9,15H2,1-2H3. The lowest BCUT2D eigenvalue weighted by Crippen LogP contribution is -2.37. The molecule has 1 aliphatic rings. The van der Waals surface area contributed by atoms with Crippen molar-refractivity contribution in [1.82, 2.24) is 4.90 Å². The van der Waals surface area contributed by atoms with Gasteiger partial charge in [-0.25, -0.2) is 0 Å². The van der Waals surface area contributed by atoms with E-state index in [-0.39, 0.29) is 0 Å². The van der Waals surface area contributed by atoms with Crippen LogP contribution in [0.15, 0.2) is 18.2 Å². The van der Waals surface area contributed by atoms with Crippen LogP contribution in [0.3, 0.4) is 0 Å². The Morgan fingerprint density at radius 1 is 1.44 bits per heavy atom. The molecular weight excluding hydrogens is 220 g/mol. The molecule has 0 radical (unpaired) electrons. The van der Waals surface area contributed by atoms with Crippen LogP contribution in [0.5, 0.6) is 0 Å². The number of likely N-dealkylation sites (tertiary alicyclic amines) is 1. The van der Waals surface area contributed by atoms with Gasteiger partial charge < -0.3 is 5.73 Å². The average molecular weight is 239 g/mol. The first-order valence-corrected chi connectivity index (χ1v) is 6.16. The summed E-state index contributed by atoms with van der Waals surface area (Å²) in [5, 5.41) is 0.710. The van der Waals surface area contributed by atoms with Gasteiger partial charge in [-0.05, 0) is 50.9 Å². The van der Waals surface area contributed by atoms with Crippen LogP contribution in [-0.2, 0) is 6.54 Å². The number of hydrogen-bond donors (Lipinski definition) is 1. The van der Waals surface area contributed by atoms with Crippen LogP contribution in [0.25, 0.3) is 0 Å². The molecule has 0 saturated carbocycles. The molecule has 2 nitrogen and oxygen atoms in total. The van der Waals surface area contributed by atoms with Gasteiger partial charge in [0.15, 0.2) is 0 Å². The van der Waals surface area contributed by atoms with Crippen LogP contribution >= 0.6 is 11.6 Å². The third-order valence-electron chi connectivity index (χ3n) is 3.54. The van der Waals surface area contributed by atoms with Gasteiger partial charge in [-0.1, -0.05) is 17.7 Å². The van der Waals surface area contributed by atoms with E-state index in [1.54, 1.807) is 0 Å². The monoisotopic (exact) mass is 238 g/mol. The summed E-state index contributed by atoms with van der Waals surface area (Å²) in [4.78, 5) is 2.49. The number of nitrogens with zero attached hydrogens (tertiary/aromatic N) is 1. The van der Waals surface area contributed by atoms with Crippen LogP contribution in [-0.4, -0.2) is 17.0 Å². The van der Waals surface area contributed by atoms with Gasteiger partial charge in [-0.15, -0.1) is 0 Å². The number of nitrogens with two attached hydrogens (primary N) is 1. The number of halogens is 1. The van der Waals surface area contributed by atoms with Crippen LogP contribution < -0.4 is 5.73 Å². The van der Waals surface area contributed by atoms with E-state index in [9.17, 15) is 0 Å². The van der Waals surface area contributed by atoms with Crippen LogP contribution in [0.2, 0.25) is 5.02 Å². The SMILES string of the molecule is CC1(C)CCCN1Cc1ccc(Cl)cc1N. The Morgan fingerprint density at radius 2 is 2.19 bits per heavy atom. The maximum absolute atomic E-state index is 5.98. The van der Waals surface area contributed by atoms with Crippen molar-refractivity contribution in [3.63, 3.8) is 0 Å². The molecule has 1 heterocycles. The second-order valence-corrected chi connectivity index (χ2v) is 5.62. The highest BCUT2D eigenvalue weighted by Gasteiger charge is 2.31. The third-order valence-corrected chi connectivity index (χ3v) is 3.78. The van der Waals surface area contributed by atoms with E-state index in [4.69, 9.17) is 17.3 Å². The van der Waals surface area contributed by atoms with Gasteiger partial charge in [0.25, 0.3) is 0 Å². The molecule has 3 heteroatoms. The van der Waals surface area contributed by atoms with Crippen LogP contribution in [0.4, 0.5) is 5.69 Å². The Kier molecular flexibility index (Phi) is 3.13. The quantitative estimate of drug-likeness (QED) is 0.802. The first-order chi connectivity index (χ1) is 7.49. The molecule has 2 rings (SSSR count). The third kappa shape index (κ3) is 2.33. The molecule has 16 heavy (non-hydrogen) atoms. The number of hydrogen-bond acceptors (Lipinski definition) is 2. The second kappa shape index (κ2) is 4.27. The molecule has 0 unspecified atom stereocenters. The minimum absolute atomic E-state index is 0.298. The molecule has 0 bridgehead atoms. The lowest BCUT2D eigenvalue weighted by molar-refractivity contribution is 0.167. The van der Waals surface area contributed by atoms with Crippen molar-refractivity contribution in [2.75, 3.05) is 12.3 Å².